The van der Waals surface area contributed by atoms with Crippen molar-refractivity contribution >= 4 is 15.9 Å². The lowest BCUT2D eigenvalue weighted by Gasteiger charge is -2.34. The Morgan fingerprint density at radius 1 is 1.10 bits per heavy atom. The Balaban J connectivity index is 1.42. The van der Waals surface area contributed by atoms with Crippen molar-refractivity contribution in [1.29, 1.82) is 0 Å². The van der Waals surface area contributed by atoms with Crippen molar-refractivity contribution in [3.63, 3.8) is 0 Å². The molecule has 0 aliphatic carbocycles. The molecule has 2 N–H and O–H groups in total. The molecule has 2 heterocycles. The van der Waals surface area contributed by atoms with Gasteiger partial charge in [0.15, 0.2) is 0 Å². The standard InChI is InChI=1S/C21H25N3O4S/c1-15-2-4-18(13-19(15)21(22)25)29(26,27)24-9-7-23(8-10-24)14-16-3-5-20-17(12-16)6-11-28-20/h2-5,12-13H,6-11,14H2,1H3,(H2,22,25). The van der Waals surface area contributed by atoms with E-state index in [2.05, 4.69) is 17.0 Å². The molecule has 1 amide bonds. The molecule has 0 radical (unpaired) electrons. The van der Waals surface area contributed by atoms with Gasteiger partial charge in [-0.1, -0.05) is 18.2 Å². The lowest BCUT2D eigenvalue weighted by molar-refractivity contribution is 0.0999. The van der Waals surface area contributed by atoms with E-state index in [0.717, 1.165) is 25.3 Å². The third-order valence-corrected chi connectivity index (χ3v) is 7.50. The van der Waals surface area contributed by atoms with Gasteiger partial charge in [0.2, 0.25) is 15.9 Å². The van der Waals surface area contributed by atoms with E-state index in [1.807, 2.05) is 6.07 Å². The molecule has 0 unspecified atom stereocenters. The van der Waals surface area contributed by atoms with Gasteiger partial charge in [0.25, 0.3) is 0 Å². The minimum Gasteiger partial charge on any atom is -0.493 e. The van der Waals surface area contributed by atoms with Gasteiger partial charge in [-0.2, -0.15) is 4.31 Å². The minimum atomic E-state index is -3.66. The van der Waals surface area contributed by atoms with Crippen LogP contribution in [0.25, 0.3) is 0 Å². The van der Waals surface area contributed by atoms with Crippen LogP contribution in [0.2, 0.25) is 0 Å². The average Bonchev–Trinajstić information content (AvgIpc) is 3.16. The molecule has 0 saturated carbocycles. The second kappa shape index (κ2) is 7.78. The Labute approximate surface area is 171 Å². The van der Waals surface area contributed by atoms with Crippen LogP contribution in [0.5, 0.6) is 5.75 Å². The Morgan fingerprint density at radius 3 is 2.59 bits per heavy atom. The van der Waals surface area contributed by atoms with Crippen molar-refractivity contribution in [3.8, 4) is 5.75 Å². The number of benzene rings is 2. The first kappa shape index (κ1) is 19.9. The number of amides is 1. The molecule has 0 spiro atoms. The number of hydrogen-bond donors (Lipinski definition) is 1. The summed E-state index contributed by atoms with van der Waals surface area (Å²) in [5.74, 6) is 0.349. The number of carbonyl (C=O) groups excluding carboxylic acids is 1. The molecule has 2 aromatic carbocycles. The number of aryl methyl sites for hydroxylation is 1. The van der Waals surface area contributed by atoms with E-state index in [1.165, 1.54) is 27.6 Å². The van der Waals surface area contributed by atoms with Crippen LogP contribution in [0.1, 0.15) is 27.0 Å². The topological polar surface area (TPSA) is 92.9 Å². The third-order valence-electron chi connectivity index (χ3n) is 5.60. The molecular weight excluding hydrogens is 390 g/mol. The number of primary amides is 1. The average molecular weight is 416 g/mol. The van der Waals surface area contributed by atoms with Gasteiger partial charge < -0.3 is 10.5 Å². The number of fused-ring (bicyclic) bond motifs is 1. The zero-order valence-electron chi connectivity index (χ0n) is 16.4. The lowest BCUT2D eigenvalue weighted by atomic mass is 10.1. The minimum absolute atomic E-state index is 0.115. The molecule has 4 rings (SSSR count). The first-order chi connectivity index (χ1) is 13.8. The first-order valence-corrected chi connectivity index (χ1v) is 11.2. The highest BCUT2D eigenvalue weighted by molar-refractivity contribution is 7.89. The molecule has 154 valence electrons. The second-order valence-electron chi connectivity index (χ2n) is 7.56. The molecule has 1 fully saturated rings. The van der Waals surface area contributed by atoms with Gasteiger partial charge >= 0.3 is 0 Å². The molecule has 7 nitrogen and oxygen atoms in total. The summed E-state index contributed by atoms with van der Waals surface area (Å²) < 4.78 is 33.0. The summed E-state index contributed by atoms with van der Waals surface area (Å²) in [5, 5.41) is 0. The smallest absolute Gasteiger partial charge is 0.249 e. The summed E-state index contributed by atoms with van der Waals surface area (Å²) in [6, 6.07) is 10.8. The van der Waals surface area contributed by atoms with E-state index in [-0.39, 0.29) is 10.5 Å². The third kappa shape index (κ3) is 4.01. The fraction of sp³-hybridized carbons (Fsp3) is 0.381. The predicted molar refractivity (Wildman–Crippen MR) is 109 cm³/mol. The van der Waals surface area contributed by atoms with E-state index in [1.54, 1.807) is 13.0 Å². The van der Waals surface area contributed by atoms with Crippen LogP contribution in [0.15, 0.2) is 41.3 Å². The summed E-state index contributed by atoms with van der Waals surface area (Å²) in [4.78, 5) is 13.9. The van der Waals surface area contributed by atoms with E-state index >= 15 is 0 Å². The molecule has 2 aliphatic rings. The second-order valence-corrected chi connectivity index (χ2v) is 9.50. The maximum Gasteiger partial charge on any atom is 0.249 e. The molecule has 0 aromatic heterocycles. The van der Waals surface area contributed by atoms with E-state index in [9.17, 15) is 13.2 Å². The molecular formula is C21H25N3O4S. The number of ether oxygens (including phenoxy) is 1. The highest BCUT2D eigenvalue weighted by atomic mass is 32.2. The number of nitrogens with zero attached hydrogens (tertiary/aromatic N) is 2. The maximum atomic E-state index is 13.0. The van der Waals surface area contributed by atoms with Gasteiger partial charge in [0.1, 0.15) is 5.75 Å². The lowest BCUT2D eigenvalue weighted by Crippen LogP contribution is -2.48. The number of sulfonamides is 1. The maximum absolute atomic E-state index is 13.0. The SMILES string of the molecule is Cc1ccc(S(=O)(=O)N2CCN(Cc3ccc4c(c3)CCO4)CC2)cc1C(N)=O. The van der Waals surface area contributed by atoms with Gasteiger partial charge in [-0.25, -0.2) is 8.42 Å². The van der Waals surface area contributed by atoms with Crippen molar-refractivity contribution < 1.29 is 17.9 Å². The van der Waals surface area contributed by atoms with Crippen LogP contribution in [0, 0.1) is 6.92 Å². The Hall–Kier alpha value is -2.42. The zero-order valence-corrected chi connectivity index (χ0v) is 17.2. The summed E-state index contributed by atoms with van der Waals surface area (Å²) in [7, 11) is -3.66. The largest absolute Gasteiger partial charge is 0.493 e. The number of hydrogen-bond acceptors (Lipinski definition) is 5. The van der Waals surface area contributed by atoms with Gasteiger partial charge in [-0.05, 0) is 41.8 Å². The highest BCUT2D eigenvalue weighted by Gasteiger charge is 2.29. The number of carbonyl (C=O) groups is 1. The van der Waals surface area contributed by atoms with Gasteiger partial charge in [0, 0.05) is 44.7 Å². The normalized spacial score (nSPS) is 17.7. The molecule has 2 aromatic rings. The number of nitrogens with two attached hydrogens (primary N) is 1. The molecule has 0 atom stereocenters. The van der Waals surface area contributed by atoms with E-state index < -0.39 is 15.9 Å². The van der Waals surface area contributed by atoms with Gasteiger partial charge in [-0.3, -0.25) is 9.69 Å². The molecule has 8 heteroatoms. The molecule has 29 heavy (non-hydrogen) atoms. The van der Waals surface area contributed by atoms with Crippen LogP contribution in [0.3, 0.4) is 0 Å². The van der Waals surface area contributed by atoms with Crippen LogP contribution >= 0.6 is 0 Å². The monoisotopic (exact) mass is 415 g/mol. The van der Waals surface area contributed by atoms with Crippen LogP contribution in [0.4, 0.5) is 0 Å². The van der Waals surface area contributed by atoms with Gasteiger partial charge in [0.05, 0.1) is 11.5 Å². The van der Waals surface area contributed by atoms with E-state index in [0.29, 0.717) is 31.7 Å². The predicted octanol–water partition coefficient (Wildman–Crippen LogP) is 1.54. The summed E-state index contributed by atoms with van der Waals surface area (Å²) in [6.07, 6.45) is 0.943. The molecule has 0 bridgehead atoms. The van der Waals surface area contributed by atoms with Crippen molar-refractivity contribution in [2.45, 2.75) is 24.8 Å². The summed E-state index contributed by atoms with van der Waals surface area (Å²) >= 11 is 0. The van der Waals surface area contributed by atoms with E-state index in [4.69, 9.17) is 10.5 Å². The Morgan fingerprint density at radius 2 is 1.86 bits per heavy atom. The van der Waals surface area contributed by atoms with Crippen molar-refractivity contribution in [1.82, 2.24) is 9.21 Å². The van der Waals surface area contributed by atoms with Crippen molar-refractivity contribution in [3.05, 3.63) is 58.7 Å². The van der Waals surface area contributed by atoms with Crippen molar-refractivity contribution in [2.24, 2.45) is 5.73 Å². The summed E-state index contributed by atoms with van der Waals surface area (Å²) in [6.45, 7) is 5.40. The molecule has 1 saturated heterocycles. The fourth-order valence-corrected chi connectivity index (χ4v) is 5.35. The van der Waals surface area contributed by atoms with Crippen LogP contribution in [-0.2, 0) is 23.0 Å². The van der Waals surface area contributed by atoms with Crippen LogP contribution in [-0.4, -0.2) is 56.3 Å². The number of piperazine rings is 1. The Bertz CT molecular complexity index is 1040. The van der Waals surface area contributed by atoms with Gasteiger partial charge in [-0.15, -0.1) is 0 Å². The fourth-order valence-electron chi connectivity index (χ4n) is 3.90. The zero-order chi connectivity index (χ0) is 20.6. The number of rotatable bonds is 5. The quantitative estimate of drug-likeness (QED) is 0.800. The Kier molecular flexibility index (Phi) is 5.33. The van der Waals surface area contributed by atoms with Crippen LogP contribution < -0.4 is 10.5 Å². The highest BCUT2D eigenvalue weighted by Crippen LogP contribution is 2.27. The van der Waals surface area contributed by atoms with Crippen molar-refractivity contribution in [2.75, 3.05) is 32.8 Å². The summed E-state index contributed by atoms with van der Waals surface area (Å²) in [5.41, 5.74) is 8.74. The first-order valence-electron chi connectivity index (χ1n) is 9.72. The molecule has 2 aliphatic heterocycles.